The molecule has 0 fully saturated rings. The van der Waals surface area contributed by atoms with Crippen molar-refractivity contribution in [1.29, 1.82) is 0 Å². The number of hydroxylamine groups is 2. The summed E-state index contributed by atoms with van der Waals surface area (Å²) in [6.07, 6.45) is 6.42. The van der Waals surface area contributed by atoms with E-state index in [1.54, 1.807) is 24.3 Å². The number of fused-ring (bicyclic) bond motifs is 2. The van der Waals surface area contributed by atoms with E-state index in [0.29, 0.717) is 17.3 Å². The Balaban J connectivity index is 1.65. The van der Waals surface area contributed by atoms with Crippen LogP contribution in [0, 0.1) is 5.82 Å². The third-order valence-corrected chi connectivity index (χ3v) is 5.49. The van der Waals surface area contributed by atoms with E-state index >= 15 is 0 Å². The molecule has 1 atom stereocenters. The Morgan fingerprint density at radius 3 is 2.86 bits per heavy atom. The van der Waals surface area contributed by atoms with E-state index in [1.807, 2.05) is 19.3 Å². The number of benzene rings is 1. The van der Waals surface area contributed by atoms with Crippen LogP contribution >= 0.6 is 11.6 Å². The van der Waals surface area contributed by atoms with E-state index in [4.69, 9.17) is 26.2 Å². The highest BCUT2D eigenvalue weighted by Crippen LogP contribution is 2.37. The average molecular weight is 419 g/mol. The summed E-state index contributed by atoms with van der Waals surface area (Å²) in [7, 11) is 1.64. The Labute approximate surface area is 175 Å². The van der Waals surface area contributed by atoms with Gasteiger partial charge in [0.25, 0.3) is 0 Å². The summed E-state index contributed by atoms with van der Waals surface area (Å²) in [5, 5.41) is 2.11. The van der Waals surface area contributed by atoms with E-state index in [2.05, 4.69) is 22.9 Å². The number of aliphatic imine (C=N–C) groups is 1. The molecule has 3 aliphatic rings. The fourth-order valence-corrected chi connectivity index (χ4v) is 3.97. The second-order valence-corrected chi connectivity index (χ2v) is 7.56. The second-order valence-electron chi connectivity index (χ2n) is 7.15. The van der Waals surface area contributed by atoms with Crippen LogP contribution in [-0.4, -0.2) is 47.5 Å². The van der Waals surface area contributed by atoms with Gasteiger partial charge in [-0.2, -0.15) is 0 Å². The molecule has 8 heteroatoms. The predicted octanol–water partition coefficient (Wildman–Crippen LogP) is 4.23. The molecular weight excluding hydrogens is 395 g/mol. The molecule has 0 amide bonds. The normalized spacial score (nSPS) is 20.7. The van der Waals surface area contributed by atoms with Gasteiger partial charge in [-0.3, -0.25) is 9.83 Å². The summed E-state index contributed by atoms with van der Waals surface area (Å²) >= 11 is 6.17. The van der Waals surface area contributed by atoms with E-state index in [1.165, 1.54) is 6.07 Å². The first-order valence-corrected chi connectivity index (χ1v) is 9.99. The molecule has 3 aliphatic heterocycles. The number of halogens is 2. The van der Waals surface area contributed by atoms with Crippen molar-refractivity contribution in [2.24, 2.45) is 4.99 Å². The van der Waals surface area contributed by atoms with Gasteiger partial charge in [-0.25, -0.2) is 9.45 Å². The molecule has 154 valence electrons. The molecule has 0 aliphatic carbocycles. The van der Waals surface area contributed by atoms with Crippen molar-refractivity contribution < 1.29 is 14.0 Å². The summed E-state index contributed by atoms with van der Waals surface area (Å²) in [6.45, 7) is 5.63. The maximum Gasteiger partial charge on any atom is 0.139 e. The van der Waals surface area contributed by atoms with E-state index < -0.39 is 0 Å². The van der Waals surface area contributed by atoms with Gasteiger partial charge in [-0.15, -0.1) is 0 Å². The van der Waals surface area contributed by atoms with Crippen molar-refractivity contribution in [3.05, 3.63) is 69.8 Å². The van der Waals surface area contributed by atoms with Gasteiger partial charge in [0.15, 0.2) is 0 Å². The minimum atomic E-state index is -0.386. The van der Waals surface area contributed by atoms with Crippen LogP contribution < -0.4 is 0 Å². The second kappa shape index (κ2) is 8.18. The highest BCUT2D eigenvalue weighted by molar-refractivity contribution is 6.31. The Kier molecular flexibility index (Phi) is 5.63. The molecule has 0 bridgehead atoms. The number of allylic oxidation sites excluding steroid dienone is 1. The minimum Gasteiger partial charge on any atom is -0.362 e. The van der Waals surface area contributed by atoms with Crippen molar-refractivity contribution in [2.45, 2.75) is 33.0 Å². The van der Waals surface area contributed by atoms with Gasteiger partial charge in [-0.1, -0.05) is 24.6 Å². The zero-order valence-corrected chi connectivity index (χ0v) is 17.5. The number of ether oxygens (including phenoxy) is 1. The lowest BCUT2D eigenvalue weighted by molar-refractivity contribution is -0.0970. The van der Waals surface area contributed by atoms with Crippen molar-refractivity contribution in [3.63, 3.8) is 0 Å². The lowest BCUT2D eigenvalue weighted by Gasteiger charge is -2.40. The summed E-state index contributed by atoms with van der Waals surface area (Å²) in [4.78, 5) is 14.4. The third kappa shape index (κ3) is 3.66. The van der Waals surface area contributed by atoms with Gasteiger partial charge < -0.3 is 14.5 Å². The Bertz CT molecular complexity index is 907. The summed E-state index contributed by atoms with van der Waals surface area (Å²) < 4.78 is 20.4. The zero-order valence-electron chi connectivity index (χ0n) is 16.7. The maximum absolute atomic E-state index is 14.2. The van der Waals surface area contributed by atoms with Crippen LogP contribution in [0.15, 0.2) is 58.4 Å². The Hall–Kier alpha value is -2.35. The van der Waals surface area contributed by atoms with Crippen LogP contribution in [0.25, 0.3) is 0 Å². The van der Waals surface area contributed by atoms with Crippen molar-refractivity contribution in [1.82, 2.24) is 14.9 Å². The van der Waals surface area contributed by atoms with E-state index in [0.717, 1.165) is 35.8 Å². The van der Waals surface area contributed by atoms with Crippen LogP contribution in [-0.2, 0) is 16.2 Å². The van der Waals surface area contributed by atoms with Crippen LogP contribution in [0.4, 0.5) is 4.39 Å². The molecule has 29 heavy (non-hydrogen) atoms. The first-order chi connectivity index (χ1) is 14.0. The largest absolute Gasteiger partial charge is 0.362 e. The molecule has 1 aromatic carbocycles. The lowest BCUT2D eigenvalue weighted by Crippen LogP contribution is -2.42. The quantitative estimate of drug-likeness (QED) is 0.691. The van der Waals surface area contributed by atoms with Crippen molar-refractivity contribution >= 4 is 17.8 Å². The van der Waals surface area contributed by atoms with Crippen LogP contribution in [0.2, 0.25) is 5.02 Å². The molecule has 0 aromatic heterocycles. The first kappa shape index (κ1) is 19.9. The standard InChI is InChI=1S/C21H24ClFN4O2/c1-4-8-25-10-14(2)20(29-12-16-17(22)6-5-7-18(16)23)19-21(25)27-13-26(28-3)11-15(27)9-24-19/h5-7,9-11,20H,4,8,12-13H2,1-3H3. The summed E-state index contributed by atoms with van der Waals surface area (Å²) in [5.41, 5.74) is 3.13. The number of hydrogen-bond acceptors (Lipinski definition) is 6. The fraction of sp³-hybridized carbons (Fsp3) is 0.381. The monoisotopic (exact) mass is 418 g/mol. The minimum absolute atomic E-state index is 0.0638. The summed E-state index contributed by atoms with van der Waals surface area (Å²) in [6, 6.07) is 4.64. The van der Waals surface area contributed by atoms with Crippen molar-refractivity contribution in [3.8, 4) is 0 Å². The highest BCUT2D eigenvalue weighted by Gasteiger charge is 2.37. The molecule has 6 nitrogen and oxygen atoms in total. The lowest BCUT2D eigenvalue weighted by atomic mass is 10.0. The molecule has 4 rings (SSSR count). The van der Waals surface area contributed by atoms with E-state index in [9.17, 15) is 4.39 Å². The summed E-state index contributed by atoms with van der Waals surface area (Å²) in [5.74, 6) is 0.597. The van der Waals surface area contributed by atoms with Gasteiger partial charge in [0.05, 0.1) is 31.8 Å². The van der Waals surface area contributed by atoms with Crippen molar-refractivity contribution in [2.75, 3.05) is 20.3 Å². The molecule has 1 aromatic rings. The SMILES string of the molecule is CCCN1C=C(C)C(OCc2c(F)cccc2Cl)C2=C1N1CN(OC)C=C1C=N2. The van der Waals surface area contributed by atoms with Gasteiger partial charge in [0, 0.05) is 23.3 Å². The fourth-order valence-electron chi connectivity index (χ4n) is 3.75. The van der Waals surface area contributed by atoms with E-state index in [-0.39, 0.29) is 18.5 Å². The van der Waals surface area contributed by atoms with Crippen LogP contribution in [0.3, 0.4) is 0 Å². The molecule has 0 saturated carbocycles. The topological polar surface area (TPSA) is 40.5 Å². The smallest absolute Gasteiger partial charge is 0.139 e. The Morgan fingerprint density at radius 2 is 2.14 bits per heavy atom. The number of rotatable bonds is 6. The number of nitrogens with zero attached hydrogens (tertiary/aromatic N) is 4. The molecule has 0 spiro atoms. The Morgan fingerprint density at radius 1 is 1.31 bits per heavy atom. The highest BCUT2D eigenvalue weighted by atomic mass is 35.5. The third-order valence-electron chi connectivity index (χ3n) is 5.14. The molecule has 1 unspecified atom stereocenters. The van der Waals surface area contributed by atoms with Crippen LogP contribution in [0.1, 0.15) is 25.8 Å². The van der Waals surface area contributed by atoms with Crippen LogP contribution in [0.5, 0.6) is 0 Å². The molecular formula is C21H24ClFN4O2. The number of hydrogen-bond donors (Lipinski definition) is 0. The van der Waals surface area contributed by atoms with Gasteiger partial charge in [-0.05, 0) is 31.1 Å². The van der Waals surface area contributed by atoms with Gasteiger partial charge >= 0.3 is 0 Å². The van der Waals surface area contributed by atoms with Gasteiger partial charge in [0.2, 0.25) is 0 Å². The average Bonchev–Trinajstić information content (AvgIpc) is 3.12. The molecule has 3 heterocycles. The first-order valence-electron chi connectivity index (χ1n) is 9.61. The predicted molar refractivity (Wildman–Crippen MR) is 110 cm³/mol. The molecule has 0 saturated heterocycles. The van der Waals surface area contributed by atoms with Gasteiger partial charge in [0.1, 0.15) is 30.1 Å². The molecule has 0 radical (unpaired) electrons. The maximum atomic E-state index is 14.2. The molecule has 0 N–H and O–H groups in total. The zero-order chi connectivity index (χ0) is 20.5.